The fourth-order valence-electron chi connectivity index (χ4n) is 2.14. The average molecular weight is 257 g/mol. The molecule has 19 heavy (non-hydrogen) atoms. The van der Waals surface area contributed by atoms with Crippen molar-refractivity contribution in [3.05, 3.63) is 23.8 Å². The predicted molar refractivity (Wildman–Crippen MR) is 71.8 cm³/mol. The van der Waals surface area contributed by atoms with Crippen LogP contribution < -0.4 is 9.80 Å². The summed E-state index contributed by atoms with van der Waals surface area (Å²) in [5, 5.41) is 8.49. The molecule has 0 unspecified atom stereocenters. The number of rotatable bonds is 3. The number of anilines is 2. The van der Waals surface area contributed by atoms with Crippen molar-refractivity contribution >= 4 is 23.2 Å². The second-order valence-corrected chi connectivity index (χ2v) is 4.55. The van der Waals surface area contributed by atoms with Crippen LogP contribution >= 0.6 is 0 Å². The van der Waals surface area contributed by atoms with Gasteiger partial charge in [-0.15, -0.1) is 0 Å². The Morgan fingerprint density at radius 3 is 2.95 bits per heavy atom. The first-order chi connectivity index (χ1) is 9.04. The van der Waals surface area contributed by atoms with Gasteiger partial charge >= 0.3 is 0 Å². The SMILES string of the molecule is CN(C(=O)CCC#N)c1ccc2c(c1)CC(=O)N2C. The highest BCUT2D eigenvalue weighted by Crippen LogP contribution is 2.31. The van der Waals surface area contributed by atoms with Crippen LogP contribution in [0, 0.1) is 11.3 Å². The van der Waals surface area contributed by atoms with E-state index in [4.69, 9.17) is 5.26 Å². The van der Waals surface area contributed by atoms with Gasteiger partial charge in [-0.05, 0) is 23.8 Å². The lowest BCUT2D eigenvalue weighted by atomic mass is 10.1. The van der Waals surface area contributed by atoms with E-state index >= 15 is 0 Å². The van der Waals surface area contributed by atoms with Crippen molar-refractivity contribution < 1.29 is 9.59 Å². The van der Waals surface area contributed by atoms with Crippen molar-refractivity contribution in [2.24, 2.45) is 0 Å². The third-order valence-corrected chi connectivity index (χ3v) is 3.35. The maximum absolute atomic E-state index is 11.8. The summed E-state index contributed by atoms with van der Waals surface area (Å²) in [4.78, 5) is 26.6. The van der Waals surface area contributed by atoms with Crippen molar-refractivity contribution in [3.63, 3.8) is 0 Å². The quantitative estimate of drug-likeness (QED) is 0.823. The molecule has 1 aromatic rings. The topological polar surface area (TPSA) is 64.4 Å². The van der Waals surface area contributed by atoms with Crippen LogP contribution in [0.5, 0.6) is 0 Å². The Balaban J connectivity index is 2.20. The van der Waals surface area contributed by atoms with Gasteiger partial charge in [0, 0.05) is 38.3 Å². The van der Waals surface area contributed by atoms with Gasteiger partial charge in [0.25, 0.3) is 0 Å². The van der Waals surface area contributed by atoms with E-state index in [1.54, 1.807) is 19.0 Å². The monoisotopic (exact) mass is 257 g/mol. The third-order valence-electron chi connectivity index (χ3n) is 3.35. The van der Waals surface area contributed by atoms with Gasteiger partial charge in [0.1, 0.15) is 0 Å². The summed E-state index contributed by atoms with van der Waals surface area (Å²) >= 11 is 0. The van der Waals surface area contributed by atoms with Gasteiger partial charge in [0.05, 0.1) is 12.5 Å². The Hall–Kier alpha value is -2.35. The molecular formula is C14H15N3O2. The van der Waals surface area contributed by atoms with E-state index in [0.717, 1.165) is 16.9 Å². The average Bonchev–Trinajstić information content (AvgIpc) is 2.70. The van der Waals surface area contributed by atoms with Gasteiger partial charge in [-0.2, -0.15) is 5.26 Å². The van der Waals surface area contributed by atoms with E-state index in [1.165, 1.54) is 4.90 Å². The molecule has 0 atom stereocenters. The maximum Gasteiger partial charge on any atom is 0.231 e. The van der Waals surface area contributed by atoms with Gasteiger partial charge in [0.2, 0.25) is 11.8 Å². The molecule has 1 aliphatic heterocycles. The lowest BCUT2D eigenvalue weighted by Gasteiger charge is -2.18. The molecule has 0 N–H and O–H groups in total. The van der Waals surface area contributed by atoms with Gasteiger partial charge < -0.3 is 9.80 Å². The summed E-state index contributed by atoms with van der Waals surface area (Å²) in [6.45, 7) is 0. The van der Waals surface area contributed by atoms with Crippen molar-refractivity contribution in [1.82, 2.24) is 0 Å². The van der Waals surface area contributed by atoms with E-state index in [2.05, 4.69) is 0 Å². The Kier molecular flexibility index (Phi) is 3.52. The molecule has 0 aliphatic carbocycles. The van der Waals surface area contributed by atoms with Crippen LogP contribution in [0.3, 0.4) is 0 Å². The summed E-state index contributed by atoms with van der Waals surface area (Å²) in [7, 11) is 3.43. The minimum absolute atomic E-state index is 0.0608. The largest absolute Gasteiger partial charge is 0.315 e. The Morgan fingerprint density at radius 2 is 2.26 bits per heavy atom. The van der Waals surface area contributed by atoms with E-state index in [9.17, 15) is 9.59 Å². The molecule has 0 fully saturated rings. The molecular weight excluding hydrogens is 242 g/mol. The normalized spacial score (nSPS) is 13.1. The molecule has 0 saturated carbocycles. The molecule has 0 aromatic heterocycles. The van der Waals surface area contributed by atoms with E-state index < -0.39 is 0 Å². The molecule has 1 aliphatic rings. The Labute approximate surface area is 112 Å². The highest BCUT2D eigenvalue weighted by Gasteiger charge is 2.24. The minimum Gasteiger partial charge on any atom is -0.315 e. The van der Waals surface area contributed by atoms with Crippen molar-refractivity contribution in [2.45, 2.75) is 19.3 Å². The number of likely N-dealkylation sites (N-methyl/N-ethyl adjacent to an activating group) is 1. The molecule has 1 aromatic carbocycles. The molecule has 2 rings (SSSR count). The zero-order chi connectivity index (χ0) is 14.0. The molecule has 1 heterocycles. The molecule has 0 bridgehead atoms. The van der Waals surface area contributed by atoms with Gasteiger partial charge in [-0.1, -0.05) is 0 Å². The van der Waals surface area contributed by atoms with Crippen LogP contribution in [0.4, 0.5) is 11.4 Å². The molecule has 0 spiro atoms. The fraction of sp³-hybridized carbons (Fsp3) is 0.357. The van der Waals surface area contributed by atoms with Crippen LogP contribution in [0.1, 0.15) is 18.4 Å². The zero-order valence-corrected chi connectivity index (χ0v) is 11.0. The van der Waals surface area contributed by atoms with Crippen molar-refractivity contribution in [2.75, 3.05) is 23.9 Å². The van der Waals surface area contributed by atoms with Crippen LogP contribution in [-0.4, -0.2) is 25.9 Å². The lowest BCUT2D eigenvalue weighted by molar-refractivity contribution is -0.118. The first-order valence-corrected chi connectivity index (χ1v) is 6.07. The standard InChI is InChI=1S/C14H15N3O2/c1-16(13(18)4-3-7-15)11-5-6-12-10(8-11)9-14(19)17(12)2/h5-6,8H,3-4,9H2,1-2H3. The highest BCUT2D eigenvalue weighted by atomic mass is 16.2. The van der Waals surface area contributed by atoms with E-state index in [0.29, 0.717) is 6.42 Å². The number of fused-ring (bicyclic) bond motifs is 1. The molecule has 2 amide bonds. The number of carbonyl (C=O) groups is 2. The molecule has 5 heteroatoms. The summed E-state index contributed by atoms with van der Waals surface area (Å²) in [6.07, 6.45) is 0.804. The number of benzene rings is 1. The number of nitrogens with zero attached hydrogens (tertiary/aromatic N) is 3. The zero-order valence-electron chi connectivity index (χ0n) is 11.0. The fourth-order valence-corrected chi connectivity index (χ4v) is 2.14. The number of hydrogen-bond acceptors (Lipinski definition) is 3. The third kappa shape index (κ3) is 2.43. The van der Waals surface area contributed by atoms with Gasteiger partial charge in [-0.3, -0.25) is 9.59 Å². The Morgan fingerprint density at radius 1 is 1.53 bits per heavy atom. The van der Waals surface area contributed by atoms with E-state index in [1.807, 2.05) is 24.3 Å². The second-order valence-electron chi connectivity index (χ2n) is 4.55. The van der Waals surface area contributed by atoms with Crippen LogP contribution in [0.2, 0.25) is 0 Å². The minimum atomic E-state index is -0.0980. The summed E-state index contributed by atoms with van der Waals surface area (Å²) in [5.74, 6) is -0.0372. The summed E-state index contributed by atoms with van der Waals surface area (Å²) < 4.78 is 0. The molecule has 5 nitrogen and oxygen atoms in total. The molecule has 0 radical (unpaired) electrons. The van der Waals surface area contributed by atoms with Crippen molar-refractivity contribution in [1.29, 1.82) is 5.26 Å². The summed E-state index contributed by atoms with van der Waals surface area (Å²) in [6, 6.07) is 7.49. The highest BCUT2D eigenvalue weighted by molar-refractivity contribution is 6.02. The van der Waals surface area contributed by atoms with Crippen molar-refractivity contribution in [3.8, 4) is 6.07 Å². The number of carbonyl (C=O) groups excluding carboxylic acids is 2. The number of amides is 2. The van der Waals surface area contributed by atoms with Gasteiger partial charge in [0.15, 0.2) is 0 Å². The molecule has 98 valence electrons. The van der Waals surface area contributed by atoms with Crippen LogP contribution in [0.25, 0.3) is 0 Å². The molecule has 0 saturated heterocycles. The number of nitriles is 1. The smallest absolute Gasteiger partial charge is 0.231 e. The predicted octanol–water partition coefficient (Wildman–Crippen LogP) is 1.47. The lowest BCUT2D eigenvalue weighted by Crippen LogP contribution is -2.25. The first kappa shape index (κ1) is 13.1. The first-order valence-electron chi connectivity index (χ1n) is 6.07. The van der Waals surface area contributed by atoms with E-state index in [-0.39, 0.29) is 24.7 Å². The maximum atomic E-state index is 11.8. The van der Waals surface area contributed by atoms with Gasteiger partial charge in [-0.25, -0.2) is 0 Å². The summed E-state index contributed by atoms with van der Waals surface area (Å²) in [5.41, 5.74) is 2.58. The number of hydrogen-bond donors (Lipinski definition) is 0. The van der Waals surface area contributed by atoms with Crippen LogP contribution in [0.15, 0.2) is 18.2 Å². The Bertz CT molecular complexity index is 575. The van der Waals surface area contributed by atoms with Crippen LogP contribution in [-0.2, 0) is 16.0 Å². The second kappa shape index (κ2) is 5.11.